The Kier molecular flexibility index (Phi) is 3.62. The van der Waals surface area contributed by atoms with Crippen LogP contribution in [0.5, 0.6) is 5.75 Å². The van der Waals surface area contributed by atoms with Gasteiger partial charge in [-0.2, -0.15) is 0 Å². The number of aromatic hydroxyl groups is 1. The summed E-state index contributed by atoms with van der Waals surface area (Å²) in [4.78, 5) is 14.9. The van der Waals surface area contributed by atoms with E-state index in [9.17, 15) is 9.90 Å². The molecule has 2 aliphatic rings. The molecule has 0 saturated heterocycles. The first-order valence-corrected chi connectivity index (χ1v) is 8.71. The summed E-state index contributed by atoms with van der Waals surface area (Å²) in [5.74, 6) is 0.0721. The van der Waals surface area contributed by atoms with Crippen molar-refractivity contribution in [3.8, 4) is 5.75 Å². The van der Waals surface area contributed by atoms with E-state index >= 15 is 0 Å². The average Bonchev–Trinajstić information content (AvgIpc) is 2.82. The number of allylic oxidation sites excluding steroid dienone is 5. The fourth-order valence-electron chi connectivity index (χ4n) is 3.93. The van der Waals surface area contributed by atoms with Gasteiger partial charge in [0.15, 0.2) is 5.78 Å². The molecule has 0 fully saturated rings. The lowest BCUT2D eigenvalue weighted by Crippen LogP contribution is -2.22. The first-order valence-electron chi connectivity index (χ1n) is 8.71. The fourth-order valence-corrected chi connectivity index (χ4v) is 3.93. The number of likely N-dealkylation sites (N-methyl/N-ethyl adjacent to an activating group) is 1. The molecular formula is C23H21NO2. The molecule has 1 N–H and O–H groups in total. The number of ketones is 1. The van der Waals surface area contributed by atoms with Crippen LogP contribution in [0.25, 0.3) is 6.08 Å². The number of fused-ring (bicyclic) bond motifs is 2. The maximum atomic E-state index is 12.8. The zero-order valence-electron chi connectivity index (χ0n) is 15.2. The predicted molar refractivity (Wildman–Crippen MR) is 106 cm³/mol. The van der Waals surface area contributed by atoms with Gasteiger partial charge < -0.3 is 10.0 Å². The third kappa shape index (κ3) is 2.31. The number of phenols is 1. The van der Waals surface area contributed by atoms with Crippen molar-refractivity contribution < 1.29 is 9.90 Å². The minimum absolute atomic E-state index is 0.0637. The Morgan fingerprint density at radius 3 is 2.54 bits per heavy atom. The van der Waals surface area contributed by atoms with Crippen molar-refractivity contribution >= 4 is 17.5 Å². The second-order valence-electron chi connectivity index (χ2n) is 7.28. The zero-order valence-corrected chi connectivity index (χ0v) is 15.2. The van der Waals surface area contributed by atoms with E-state index in [1.54, 1.807) is 30.4 Å². The van der Waals surface area contributed by atoms with Crippen LogP contribution in [0.3, 0.4) is 0 Å². The van der Waals surface area contributed by atoms with E-state index in [1.165, 1.54) is 11.3 Å². The summed E-state index contributed by atoms with van der Waals surface area (Å²) in [5, 5.41) is 9.92. The molecule has 3 nitrogen and oxygen atoms in total. The smallest absolute Gasteiger partial charge is 0.193 e. The van der Waals surface area contributed by atoms with Crippen LogP contribution in [0.15, 0.2) is 72.0 Å². The molecule has 0 atom stereocenters. The number of nitrogens with zero attached hydrogens (tertiary/aromatic N) is 1. The summed E-state index contributed by atoms with van der Waals surface area (Å²) in [5.41, 5.74) is 5.26. The number of benzene rings is 2. The number of para-hydroxylation sites is 1. The van der Waals surface area contributed by atoms with E-state index in [0.717, 1.165) is 5.70 Å². The van der Waals surface area contributed by atoms with Crippen molar-refractivity contribution in [2.24, 2.45) is 0 Å². The van der Waals surface area contributed by atoms with E-state index in [1.807, 2.05) is 18.2 Å². The molecule has 1 heterocycles. The Bertz CT molecular complexity index is 1010. The third-order valence-corrected chi connectivity index (χ3v) is 5.38. The largest absolute Gasteiger partial charge is 0.507 e. The number of carbonyl (C=O) groups is 1. The van der Waals surface area contributed by atoms with E-state index in [-0.39, 0.29) is 16.9 Å². The Morgan fingerprint density at radius 2 is 1.77 bits per heavy atom. The molecule has 130 valence electrons. The van der Waals surface area contributed by atoms with Crippen LogP contribution in [0.2, 0.25) is 0 Å². The molecule has 1 aliphatic heterocycles. The Morgan fingerprint density at radius 1 is 1.00 bits per heavy atom. The molecule has 0 aromatic heterocycles. The van der Waals surface area contributed by atoms with Gasteiger partial charge in [-0.3, -0.25) is 4.79 Å². The Hall–Kier alpha value is -3.07. The van der Waals surface area contributed by atoms with Crippen LogP contribution in [-0.4, -0.2) is 17.9 Å². The summed E-state index contributed by atoms with van der Waals surface area (Å²) in [6.07, 6.45) is 7.49. The second kappa shape index (κ2) is 5.73. The molecule has 0 amide bonds. The standard InChI is InChI=1S/C23H21NO2/c1-23(2)18-8-4-5-9-19(18)24(3)21(23)14-12-15-11-13-16-17(22(15)26)7-6-10-20(16)25/h4-14,25H,1-3H3/b15-12+,21-14-. The topological polar surface area (TPSA) is 40.5 Å². The normalized spacial score (nSPS) is 20.6. The zero-order chi connectivity index (χ0) is 18.5. The van der Waals surface area contributed by atoms with Crippen molar-refractivity contribution in [2.45, 2.75) is 19.3 Å². The molecule has 0 radical (unpaired) electrons. The van der Waals surface area contributed by atoms with Gasteiger partial charge in [0.1, 0.15) is 5.75 Å². The highest BCUT2D eigenvalue weighted by atomic mass is 16.3. The Balaban J connectivity index is 1.74. The highest BCUT2D eigenvalue weighted by molar-refractivity contribution is 6.15. The van der Waals surface area contributed by atoms with Crippen molar-refractivity contribution in [3.05, 3.63) is 88.7 Å². The molecule has 2 aromatic carbocycles. The average molecular weight is 343 g/mol. The molecule has 2 aromatic rings. The molecule has 0 bridgehead atoms. The summed E-state index contributed by atoms with van der Waals surface area (Å²) in [6, 6.07) is 13.4. The molecular weight excluding hydrogens is 322 g/mol. The van der Waals surface area contributed by atoms with Crippen molar-refractivity contribution in [1.29, 1.82) is 0 Å². The minimum Gasteiger partial charge on any atom is -0.507 e. The molecule has 1 aliphatic carbocycles. The lowest BCUT2D eigenvalue weighted by atomic mass is 9.83. The van der Waals surface area contributed by atoms with E-state index in [4.69, 9.17) is 0 Å². The summed E-state index contributed by atoms with van der Waals surface area (Å²) in [6.45, 7) is 4.40. The van der Waals surface area contributed by atoms with Crippen LogP contribution >= 0.6 is 0 Å². The third-order valence-electron chi connectivity index (χ3n) is 5.38. The maximum absolute atomic E-state index is 12.8. The summed E-state index contributed by atoms with van der Waals surface area (Å²) < 4.78 is 0. The number of hydrogen-bond acceptors (Lipinski definition) is 3. The maximum Gasteiger partial charge on any atom is 0.193 e. The molecule has 0 spiro atoms. The monoisotopic (exact) mass is 343 g/mol. The number of rotatable bonds is 1. The van der Waals surface area contributed by atoms with Gasteiger partial charge in [0.2, 0.25) is 0 Å². The highest BCUT2D eigenvalue weighted by Crippen LogP contribution is 2.46. The number of anilines is 1. The van der Waals surface area contributed by atoms with Gasteiger partial charge >= 0.3 is 0 Å². The van der Waals surface area contributed by atoms with Crippen LogP contribution in [0.1, 0.15) is 35.3 Å². The van der Waals surface area contributed by atoms with Crippen molar-refractivity contribution in [2.75, 3.05) is 11.9 Å². The van der Waals surface area contributed by atoms with Crippen LogP contribution in [-0.2, 0) is 5.41 Å². The fraction of sp³-hybridized carbons (Fsp3) is 0.174. The summed E-state index contributed by atoms with van der Waals surface area (Å²) >= 11 is 0. The van der Waals surface area contributed by atoms with Crippen LogP contribution < -0.4 is 4.90 Å². The Labute approximate surface area is 153 Å². The van der Waals surface area contributed by atoms with Gasteiger partial charge in [-0.05, 0) is 35.9 Å². The van der Waals surface area contributed by atoms with Gasteiger partial charge in [-0.1, -0.05) is 50.3 Å². The quantitative estimate of drug-likeness (QED) is 0.753. The van der Waals surface area contributed by atoms with Crippen LogP contribution in [0.4, 0.5) is 5.69 Å². The van der Waals surface area contributed by atoms with E-state index < -0.39 is 0 Å². The molecule has 0 saturated carbocycles. The van der Waals surface area contributed by atoms with Gasteiger partial charge in [0, 0.05) is 40.5 Å². The number of phenolic OH excluding ortho intramolecular Hbond substituents is 1. The molecule has 4 rings (SSSR count). The van der Waals surface area contributed by atoms with E-state index in [0.29, 0.717) is 16.7 Å². The van der Waals surface area contributed by atoms with Gasteiger partial charge in [0.25, 0.3) is 0 Å². The molecule has 3 heteroatoms. The van der Waals surface area contributed by atoms with Crippen molar-refractivity contribution in [3.63, 3.8) is 0 Å². The SMILES string of the molecule is CN1/C(=C\C=C2/C=Cc3c(O)cccc3C2=O)C(C)(C)c2ccccc21. The van der Waals surface area contributed by atoms with Crippen molar-refractivity contribution in [1.82, 2.24) is 0 Å². The van der Waals surface area contributed by atoms with Gasteiger partial charge in [0.05, 0.1) is 0 Å². The van der Waals surface area contributed by atoms with Gasteiger partial charge in [-0.25, -0.2) is 0 Å². The second-order valence-corrected chi connectivity index (χ2v) is 7.28. The number of carbonyl (C=O) groups excluding carboxylic acids is 1. The van der Waals surface area contributed by atoms with Gasteiger partial charge in [-0.15, -0.1) is 0 Å². The van der Waals surface area contributed by atoms with Crippen LogP contribution in [0, 0.1) is 0 Å². The number of hydrogen-bond donors (Lipinski definition) is 1. The highest BCUT2D eigenvalue weighted by Gasteiger charge is 2.37. The number of Topliss-reactive ketones (excluding diaryl/α,β-unsaturated/α-hetero) is 1. The lowest BCUT2D eigenvalue weighted by Gasteiger charge is -2.24. The first kappa shape index (κ1) is 16.4. The first-order chi connectivity index (χ1) is 12.4. The molecule has 0 unspecified atom stereocenters. The predicted octanol–water partition coefficient (Wildman–Crippen LogP) is 4.84. The van der Waals surface area contributed by atoms with E-state index in [2.05, 4.69) is 44.0 Å². The summed E-state index contributed by atoms with van der Waals surface area (Å²) in [7, 11) is 2.06. The molecule has 26 heavy (non-hydrogen) atoms. The lowest BCUT2D eigenvalue weighted by molar-refractivity contribution is 0.103. The minimum atomic E-state index is -0.125.